The lowest BCUT2D eigenvalue weighted by Gasteiger charge is -1.97. The first-order valence-electron chi connectivity index (χ1n) is 4.94. The van der Waals surface area contributed by atoms with Crippen LogP contribution in [0.3, 0.4) is 0 Å². The topological polar surface area (TPSA) is 11.3 Å². The average Bonchev–Trinajstić information content (AvgIpc) is 3.02. The smallest absolute Gasteiger partial charge is 0.215 e. The maximum atomic E-state index is 5.52. The predicted molar refractivity (Wildman–Crippen MR) is 69.9 cm³/mol. The fourth-order valence-electron chi connectivity index (χ4n) is 1.63. The lowest BCUT2D eigenvalue weighted by Crippen LogP contribution is -1.86. The van der Waals surface area contributed by atoms with E-state index in [-0.39, 0.29) is 0 Å². The molecule has 1 aliphatic heterocycles. The van der Waals surface area contributed by atoms with Crippen LogP contribution in [0.4, 0.5) is 0 Å². The summed E-state index contributed by atoms with van der Waals surface area (Å²) in [5.41, 5.74) is 1.19. The van der Waals surface area contributed by atoms with Gasteiger partial charge in [0, 0.05) is 15.8 Å². The Morgan fingerprint density at radius 1 is 1.00 bits per heavy atom. The molecule has 0 aliphatic carbocycles. The number of thiophene rings is 2. The summed E-state index contributed by atoms with van der Waals surface area (Å²) in [4.78, 5) is 2.50. The Morgan fingerprint density at radius 2 is 1.69 bits per heavy atom. The molecule has 0 N–H and O–H groups in total. The Kier molecular flexibility index (Phi) is 2.56. The third-order valence-electron chi connectivity index (χ3n) is 2.30. The molecule has 1 nitrogen and oxygen atoms in total. The Hall–Kier alpha value is -1.45. The van der Waals surface area contributed by atoms with Crippen LogP contribution in [0, 0.1) is 0 Å². The van der Waals surface area contributed by atoms with Crippen molar-refractivity contribution in [1.29, 1.82) is 0 Å². The van der Waals surface area contributed by atoms with Crippen molar-refractivity contribution in [2.24, 2.45) is 0 Å². The zero-order chi connectivity index (χ0) is 10.8. The van der Waals surface area contributed by atoms with Crippen molar-refractivity contribution in [2.75, 3.05) is 0 Å². The third kappa shape index (κ3) is 1.68. The molecule has 3 heteroatoms. The van der Waals surface area contributed by atoms with Gasteiger partial charge in [-0.1, -0.05) is 12.1 Å². The van der Waals surface area contributed by atoms with Gasteiger partial charge < -0.3 is 0 Å². The normalized spacial score (nSPS) is 13.6. The van der Waals surface area contributed by atoms with Gasteiger partial charge in [-0.25, -0.2) is 4.42 Å². The highest BCUT2D eigenvalue weighted by molar-refractivity contribution is 7.13. The lowest BCUT2D eigenvalue weighted by molar-refractivity contribution is -0.379. The van der Waals surface area contributed by atoms with E-state index in [0.29, 0.717) is 0 Å². The summed E-state index contributed by atoms with van der Waals surface area (Å²) in [6, 6.07) is 8.39. The number of hydrogen-bond donors (Lipinski definition) is 0. The quantitative estimate of drug-likeness (QED) is 0.562. The van der Waals surface area contributed by atoms with Crippen LogP contribution in [0.2, 0.25) is 0 Å². The minimum Gasteiger partial charge on any atom is -0.215 e. The van der Waals surface area contributed by atoms with Crippen molar-refractivity contribution in [1.82, 2.24) is 0 Å². The van der Waals surface area contributed by atoms with Crippen LogP contribution in [0.5, 0.6) is 0 Å². The maximum absolute atomic E-state index is 5.52. The Bertz CT molecular complexity index is 507. The van der Waals surface area contributed by atoms with Gasteiger partial charge >= 0.3 is 12.0 Å². The second kappa shape index (κ2) is 4.20. The summed E-state index contributed by atoms with van der Waals surface area (Å²) >= 11 is 3.47. The second-order valence-corrected chi connectivity index (χ2v) is 5.20. The summed E-state index contributed by atoms with van der Waals surface area (Å²) in [5, 5.41) is 4.18. The average molecular weight is 245 g/mol. The molecule has 0 spiro atoms. The number of rotatable bonds is 2. The Morgan fingerprint density at radius 3 is 2.12 bits per heavy atom. The van der Waals surface area contributed by atoms with Crippen molar-refractivity contribution < 1.29 is 4.42 Å². The summed E-state index contributed by atoms with van der Waals surface area (Å²) in [7, 11) is 0. The molecular weight excluding hydrogens is 236 g/mol. The molecule has 2 aromatic heterocycles. The van der Waals surface area contributed by atoms with E-state index in [1.165, 1.54) is 15.3 Å². The molecule has 0 atom stereocenters. The van der Waals surface area contributed by atoms with Crippen LogP contribution < -0.4 is 0 Å². The van der Waals surface area contributed by atoms with Gasteiger partial charge in [0.25, 0.3) is 0 Å². The molecule has 0 saturated heterocycles. The zero-order valence-electron chi connectivity index (χ0n) is 8.42. The summed E-state index contributed by atoms with van der Waals surface area (Å²) in [5.74, 6) is 0.935. The van der Waals surface area contributed by atoms with Crippen molar-refractivity contribution in [3.05, 3.63) is 62.7 Å². The third-order valence-corrected chi connectivity index (χ3v) is 4.08. The number of aldehydes is 1. The van der Waals surface area contributed by atoms with E-state index in [4.69, 9.17) is 4.42 Å². The molecule has 0 amide bonds. The second-order valence-electron chi connectivity index (χ2n) is 3.31. The van der Waals surface area contributed by atoms with E-state index in [1.807, 2.05) is 12.2 Å². The van der Waals surface area contributed by atoms with E-state index in [1.54, 1.807) is 29.0 Å². The molecule has 0 aromatic carbocycles. The molecular formula is C13H9OS2+. The molecule has 1 aliphatic rings. The Labute approximate surface area is 102 Å². The van der Waals surface area contributed by atoms with Crippen molar-refractivity contribution in [3.63, 3.8) is 0 Å². The maximum Gasteiger partial charge on any atom is 0.362 e. The highest BCUT2D eigenvalue weighted by atomic mass is 32.1. The fourth-order valence-corrected chi connectivity index (χ4v) is 3.27. The standard InChI is InChI=1S/C13H9OS2/c1-4-10(14-7-1)13(11-5-2-8-15-11)12-6-3-9-16-12/h1-9H/q+1. The van der Waals surface area contributed by atoms with Gasteiger partial charge in [0.15, 0.2) is 0 Å². The number of allylic oxidation sites excluding steroid dienone is 2. The first-order chi connectivity index (χ1) is 7.95. The molecule has 0 radical (unpaired) electrons. The van der Waals surface area contributed by atoms with Crippen LogP contribution in [0.25, 0.3) is 5.57 Å². The molecule has 0 saturated carbocycles. The van der Waals surface area contributed by atoms with E-state index >= 15 is 0 Å². The van der Waals surface area contributed by atoms with Crippen LogP contribution in [-0.4, -0.2) is 6.29 Å². The van der Waals surface area contributed by atoms with E-state index in [2.05, 4.69) is 35.0 Å². The van der Waals surface area contributed by atoms with Crippen molar-refractivity contribution >= 4 is 34.5 Å². The van der Waals surface area contributed by atoms with Crippen molar-refractivity contribution in [2.45, 2.75) is 0 Å². The van der Waals surface area contributed by atoms with Gasteiger partial charge in [0.05, 0.1) is 6.08 Å². The highest BCUT2D eigenvalue weighted by Crippen LogP contribution is 2.33. The largest absolute Gasteiger partial charge is 0.362 e. The first kappa shape index (κ1) is 9.75. The van der Waals surface area contributed by atoms with Crippen LogP contribution in [-0.2, 0) is 4.42 Å². The molecule has 16 heavy (non-hydrogen) atoms. The van der Waals surface area contributed by atoms with E-state index in [9.17, 15) is 0 Å². The van der Waals surface area contributed by atoms with Gasteiger partial charge in [-0.2, -0.15) is 0 Å². The van der Waals surface area contributed by atoms with Gasteiger partial charge in [0.2, 0.25) is 0 Å². The molecule has 0 bridgehead atoms. The predicted octanol–water partition coefficient (Wildman–Crippen LogP) is 3.87. The molecule has 3 heterocycles. The minimum atomic E-state index is 0.935. The van der Waals surface area contributed by atoms with Gasteiger partial charge in [-0.3, -0.25) is 0 Å². The van der Waals surface area contributed by atoms with Crippen LogP contribution in [0.1, 0.15) is 9.75 Å². The fraction of sp³-hybridized carbons (Fsp3) is 0. The van der Waals surface area contributed by atoms with Gasteiger partial charge in [-0.15, -0.1) is 22.7 Å². The van der Waals surface area contributed by atoms with Crippen LogP contribution >= 0.6 is 22.7 Å². The van der Waals surface area contributed by atoms with Gasteiger partial charge in [-0.05, 0) is 22.9 Å². The summed E-state index contributed by atoms with van der Waals surface area (Å²) < 4.78 is 5.52. The lowest BCUT2D eigenvalue weighted by atomic mass is 10.1. The summed E-state index contributed by atoms with van der Waals surface area (Å²) in [6.07, 6.45) is 5.65. The molecule has 0 fully saturated rings. The summed E-state index contributed by atoms with van der Waals surface area (Å²) in [6.45, 7) is 0. The van der Waals surface area contributed by atoms with Crippen molar-refractivity contribution in [3.8, 4) is 0 Å². The minimum absolute atomic E-state index is 0.935. The zero-order valence-corrected chi connectivity index (χ0v) is 10.1. The van der Waals surface area contributed by atoms with Gasteiger partial charge in [0.1, 0.15) is 5.57 Å². The SMILES string of the molecule is C1=CC(=C(c2cccs2)c2cccs2)[O+]=C1. The number of carbonyl (C=O) groups excluding carboxylic acids is 1. The van der Waals surface area contributed by atoms with E-state index < -0.39 is 0 Å². The molecule has 0 unspecified atom stereocenters. The van der Waals surface area contributed by atoms with E-state index in [0.717, 1.165) is 5.76 Å². The number of hydrogen-bond acceptors (Lipinski definition) is 2. The van der Waals surface area contributed by atoms with Crippen LogP contribution in [0.15, 0.2) is 52.9 Å². The molecule has 2 aromatic rings. The Balaban J connectivity index is 2.20. The first-order valence-corrected chi connectivity index (χ1v) is 6.69. The highest BCUT2D eigenvalue weighted by Gasteiger charge is 2.21. The molecule has 78 valence electrons. The molecule has 3 rings (SSSR count). The monoisotopic (exact) mass is 245 g/mol.